The Labute approximate surface area is 213 Å². The summed E-state index contributed by atoms with van der Waals surface area (Å²) in [6, 6.07) is 12.0. The summed E-state index contributed by atoms with van der Waals surface area (Å²) in [6.07, 6.45) is 4.20. The van der Waals surface area contributed by atoms with Crippen LogP contribution in [0.15, 0.2) is 52.1 Å². The largest absolute Gasteiger partial charge is 0.355 e. The van der Waals surface area contributed by atoms with Gasteiger partial charge < -0.3 is 20.1 Å². The van der Waals surface area contributed by atoms with Crippen LogP contribution < -0.4 is 15.5 Å². The third-order valence-corrected chi connectivity index (χ3v) is 6.24. The lowest BCUT2D eigenvalue weighted by Gasteiger charge is -2.24. The standard InChI is InChI=1S/C25H25Cl2N7O/c1-29-22-19(15-28)25(33-12-4-9-30-11-14-33)34(13-8-21(26)27)23(22)24(35)32-16-20-18-6-3-2-5-17(18)7-10-31-20/h2-3,5-8,10,30H,1,4,9,11-14,16H2,(H,32,35). The zero-order valence-corrected chi connectivity index (χ0v) is 20.6. The van der Waals surface area contributed by atoms with E-state index in [2.05, 4.69) is 38.3 Å². The van der Waals surface area contributed by atoms with Crippen LogP contribution in [0.2, 0.25) is 0 Å². The van der Waals surface area contributed by atoms with Gasteiger partial charge in [0.05, 0.1) is 12.2 Å². The fourth-order valence-electron chi connectivity index (χ4n) is 4.38. The Kier molecular flexibility index (Phi) is 8.03. The van der Waals surface area contributed by atoms with Crippen molar-refractivity contribution in [2.24, 2.45) is 4.99 Å². The number of fused-ring (bicyclic) bond motifs is 1. The van der Waals surface area contributed by atoms with Crippen LogP contribution in [0.3, 0.4) is 0 Å². The van der Waals surface area contributed by atoms with Gasteiger partial charge in [0.2, 0.25) is 0 Å². The normalized spacial score (nSPS) is 13.7. The number of aromatic nitrogens is 2. The molecule has 35 heavy (non-hydrogen) atoms. The second-order valence-electron chi connectivity index (χ2n) is 8.02. The topological polar surface area (TPSA) is 98.3 Å². The molecule has 0 aliphatic carbocycles. The first-order chi connectivity index (χ1) is 17.0. The summed E-state index contributed by atoms with van der Waals surface area (Å²) in [5, 5.41) is 18.4. The molecule has 3 heterocycles. The van der Waals surface area contributed by atoms with Crippen molar-refractivity contribution in [1.82, 2.24) is 20.2 Å². The van der Waals surface area contributed by atoms with Gasteiger partial charge in [-0.1, -0.05) is 47.5 Å². The Morgan fingerprint density at radius 1 is 1.29 bits per heavy atom. The average molecular weight is 510 g/mol. The summed E-state index contributed by atoms with van der Waals surface area (Å²) in [7, 11) is 0. The van der Waals surface area contributed by atoms with Crippen molar-refractivity contribution in [3.63, 3.8) is 0 Å². The number of nitriles is 1. The van der Waals surface area contributed by atoms with Crippen LogP contribution >= 0.6 is 23.2 Å². The van der Waals surface area contributed by atoms with Crippen LogP contribution in [0.25, 0.3) is 10.8 Å². The molecule has 0 atom stereocenters. The number of amides is 1. The lowest BCUT2D eigenvalue weighted by atomic mass is 10.1. The zero-order valence-electron chi connectivity index (χ0n) is 19.1. The van der Waals surface area contributed by atoms with E-state index in [1.54, 1.807) is 16.8 Å². The summed E-state index contributed by atoms with van der Waals surface area (Å²) < 4.78 is 1.81. The molecule has 0 radical (unpaired) electrons. The van der Waals surface area contributed by atoms with Gasteiger partial charge in [0.25, 0.3) is 5.91 Å². The fourth-order valence-corrected chi connectivity index (χ4v) is 4.51. The summed E-state index contributed by atoms with van der Waals surface area (Å²) in [5.41, 5.74) is 1.51. The molecule has 0 bridgehead atoms. The summed E-state index contributed by atoms with van der Waals surface area (Å²) in [5.74, 6) is 0.217. The van der Waals surface area contributed by atoms with Crippen LogP contribution in [0, 0.1) is 11.3 Å². The number of nitrogens with zero attached hydrogens (tertiary/aromatic N) is 5. The summed E-state index contributed by atoms with van der Waals surface area (Å²) in [6.45, 7) is 7.09. The molecule has 2 aromatic heterocycles. The number of aliphatic imine (C=N–C) groups is 1. The number of nitrogens with one attached hydrogen (secondary N) is 2. The maximum atomic E-state index is 13.6. The molecule has 3 aromatic rings. The minimum absolute atomic E-state index is 0.0696. The van der Waals surface area contributed by atoms with Crippen LogP contribution in [0.5, 0.6) is 0 Å². The minimum atomic E-state index is -0.392. The minimum Gasteiger partial charge on any atom is -0.355 e. The Morgan fingerprint density at radius 3 is 2.89 bits per heavy atom. The van der Waals surface area contributed by atoms with Gasteiger partial charge in [-0.05, 0) is 37.2 Å². The average Bonchev–Trinajstić information content (AvgIpc) is 2.98. The van der Waals surface area contributed by atoms with Crippen LogP contribution in [-0.2, 0) is 13.1 Å². The molecular formula is C25H25Cl2N7O. The second kappa shape index (κ2) is 11.4. The number of hydrogen-bond acceptors (Lipinski definition) is 6. The van der Waals surface area contributed by atoms with E-state index in [4.69, 9.17) is 23.2 Å². The lowest BCUT2D eigenvalue weighted by molar-refractivity contribution is 0.0942. The predicted octanol–water partition coefficient (Wildman–Crippen LogP) is 4.29. The molecule has 1 aromatic carbocycles. The van der Waals surface area contributed by atoms with Crippen LogP contribution in [-0.4, -0.2) is 48.4 Å². The number of anilines is 1. The molecule has 0 saturated carbocycles. The smallest absolute Gasteiger partial charge is 0.270 e. The highest BCUT2D eigenvalue weighted by Gasteiger charge is 2.30. The Balaban J connectivity index is 1.75. The molecule has 4 rings (SSSR count). The van der Waals surface area contributed by atoms with E-state index in [0.717, 1.165) is 42.5 Å². The van der Waals surface area contributed by atoms with Crippen molar-refractivity contribution in [2.45, 2.75) is 19.5 Å². The maximum Gasteiger partial charge on any atom is 0.270 e. The van der Waals surface area contributed by atoms with E-state index >= 15 is 0 Å². The van der Waals surface area contributed by atoms with E-state index in [9.17, 15) is 10.1 Å². The number of hydrogen-bond donors (Lipinski definition) is 2. The Hall–Kier alpha value is -3.38. The van der Waals surface area contributed by atoms with Crippen molar-refractivity contribution in [1.29, 1.82) is 5.26 Å². The van der Waals surface area contributed by atoms with Gasteiger partial charge in [-0.15, -0.1) is 0 Å². The van der Waals surface area contributed by atoms with Crippen molar-refractivity contribution in [3.8, 4) is 6.07 Å². The number of carbonyl (C=O) groups excluding carboxylic acids is 1. The molecule has 1 fully saturated rings. The molecule has 1 aliphatic heterocycles. The van der Waals surface area contributed by atoms with Gasteiger partial charge in [0, 0.05) is 37.8 Å². The first-order valence-corrected chi connectivity index (χ1v) is 12.0. The van der Waals surface area contributed by atoms with E-state index in [1.165, 1.54) is 0 Å². The van der Waals surface area contributed by atoms with Gasteiger partial charge in [-0.25, -0.2) is 0 Å². The van der Waals surface area contributed by atoms with Crippen molar-refractivity contribution in [3.05, 3.63) is 64.0 Å². The molecule has 2 N–H and O–H groups in total. The molecular weight excluding hydrogens is 485 g/mol. The molecule has 8 nitrogen and oxygen atoms in total. The molecule has 180 valence electrons. The number of carbonyl (C=O) groups is 1. The monoisotopic (exact) mass is 509 g/mol. The summed E-state index contributed by atoms with van der Waals surface area (Å²) in [4.78, 5) is 24.2. The van der Waals surface area contributed by atoms with E-state index in [-0.39, 0.29) is 29.0 Å². The number of rotatable bonds is 7. The summed E-state index contributed by atoms with van der Waals surface area (Å²) >= 11 is 11.8. The molecule has 0 spiro atoms. The number of halogens is 2. The molecule has 10 heteroatoms. The van der Waals surface area contributed by atoms with Crippen LogP contribution in [0.1, 0.15) is 28.2 Å². The third kappa shape index (κ3) is 5.33. The Morgan fingerprint density at radius 2 is 2.11 bits per heavy atom. The highest BCUT2D eigenvalue weighted by atomic mass is 35.5. The number of benzene rings is 1. The van der Waals surface area contributed by atoms with E-state index in [0.29, 0.717) is 17.9 Å². The highest BCUT2D eigenvalue weighted by molar-refractivity contribution is 6.55. The van der Waals surface area contributed by atoms with Gasteiger partial charge in [-0.3, -0.25) is 14.8 Å². The van der Waals surface area contributed by atoms with Crippen LogP contribution in [0.4, 0.5) is 11.5 Å². The van der Waals surface area contributed by atoms with Gasteiger partial charge in [0.1, 0.15) is 33.3 Å². The Bertz CT molecular complexity index is 1310. The first kappa shape index (κ1) is 24.7. The number of pyridine rings is 1. The second-order valence-corrected chi connectivity index (χ2v) is 9.03. The third-order valence-electron chi connectivity index (χ3n) is 5.94. The van der Waals surface area contributed by atoms with E-state index < -0.39 is 5.91 Å². The highest BCUT2D eigenvalue weighted by Crippen LogP contribution is 2.37. The fraction of sp³-hybridized carbons (Fsp3) is 0.280. The van der Waals surface area contributed by atoms with Gasteiger partial charge >= 0.3 is 0 Å². The van der Waals surface area contributed by atoms with Crippen molar-refractivity contribution in [2.75, 3.05) is 31.1 Å². The lowest BCUT2D eigenvalue weighted by Crippen LogP contribution is -2.32. The zero-order chi connectivity index (χ0) is 24.8. The SMILES string of the molecule is C=Nc1c(C#N)c(N2CCCNCC2)n(CC=C(Cl)Cl)c1C(=O)NCc1nccc2ccccc12. The van der Waals surface area contributed by atoms with E-state index in [1.807, 2.05) is 30.3 Å². The van der Waals surface area contributed by atoms with Crippen molar-refractivity contribution < 1.29 is 4.79 Å². The number of allylic oxidation sites excluding steroid dienone is 1. The predicted molar refractivity (Wildman–Crippen MR) is 141 cm³/mol. The van der Waals surface area contributed by atoms with Gasteiger partial charge in [-0.2, -0.15) is 5.26 Å². The molecule has 1 saturated heterocycles. The van der Waals surface area contributed by atoms with Gasteiger partial charge in [0.15, 0.2) is 0 Å². The van der Waals surface area contributed by atoms with Crippen molar-refractivity contribution >= 4 is 58.1 Å². The molecule has 0 unspecified atom stereocenters. The first-order valence-electron chi connectivity index (χ1n) is 11.3. The quantitative estimate of drug-likeness (QED) is 0.463. The molecule has 1 amide bonds. The molecule has 1 aliphatic rings. The maximum absolute atomic E-state index is 13.6.